The third-order valence-corrected chi connectivity index (χ3v) is 5.04. The molecule has 1 atom stereocenters. The quantitative estimate of drug-likeness (QED) is 0.871. The zero-order valence-electron chi connectivity index (χ0n) is 13.0. The molecule has 1 aromatic heterocycles. The summed E-state index contributed by atoms with van der Waals surface area (Å²) in [5.41, 5.74) is 2.13. The molecule has 1 amide bonds. The average Bonchev–Trinajstić information content (AvgIpc) is 2.61. The number of hydrogen-bond acceptors (Lipinski definition) is 4. The van der Waals surface area contributed by atoms with Gasteiger partial charge in [0.05, 0.1) is 11.4 Å². The van der Waals surface area contributed by atoms with Crippen molar-refractivity contribution in [3.63, 3.8) is 0 Å². The molecule has 1 aliphatic heterocycles. The van der Waals surface area contributed by atoms with E-state index < -0.39 is 0 Å². The summed E-state index contributed by atoms with van der Waals surface area (Å²) in [5, 5.41) is 8.23. The number of fused-ring (bicyclic) bond motifs is 1. The zero-order valence-corrected chi connectivity index (χ0v) is 13.8. The number of anilines is 1. The van der Waals surface area contributed by atoms with Crippen molar-refractivity contribution >= 4 is 29.1 Å². The smallest absolute Gasteiger partial charge is 0.271 e. The monoisotopic (exact) mass is 325 g/mol. The molecule has 1 unspecified atom stereocenters. The second kappa shape index (κ2) is 6.96. The molecule has 0 saturated carbocycles. The van der Waals surface area contributed by atoms with Crippen molar-refractivity contribution in [1.29, 1.82) is 5.41 Å². The van der Waals surface area contributed by atoms with Gasteiger partial charge in [0.25, 0.3) is 5.91 Å². The number of carbonyl (C=O) groups is 1. The van der Waals surface area contributed by atoms with Gasteiger partial charge in [-0.05, 0) is 29.7 Å². The minimum absolute atomic E-state index is 0.106. The molecule has 0 aliphatic carbocycles. The van der Waals surface area contributed by atoms with Crippen molar-refractivity contribution in [2.24, 2.45) is 0 Å². The van der Waals surface area contributed by atoms with Gasteiger partial charge < -0.3 is 4.90 Å². The van der Waals surface area contributed by atoms with E-state index in [1.54, 1.807) is 29.1 Å². The average molecular weight is 325 g/mol. The molecule has 0 fully saturated rings. The molecule has 1 N–H and O–H groups in total. The van der Waals surface area contributed by atoms with Crippen molar-refractivity contribution in [1.82, 2.24) is 4.98 Å². The van der Waals surface area contributed by atoms with Crippen molar-refractivity contribution in [3.8, 4) is 0 Å². The van der Waals surface area contributed by atoms with Crippen LogP contribution in [0.5, 0.6) is 0 Å². The van der Waals surface area contributed by atoms with Crippen LogP contribution in [0.1, 0.15) is 24.8 Å². The van der Waals surface area contributed by atoms with Gasteiger partial charge in [0.15, 0.2) is 0 Å². The fourth-order valence-electron chi connectivity index (χ4n) is 2.72. The molecule has 5 heteroatoms. The van der Waals surface area contributed by atoms with Crippen LogP contribution in [-0.4, -0.2) is 28.9 Å². The third kappa shape index (κ3) is 3.45. The normalized spacial score (nSPS) is 14.9. The Morgan fingerprint density at radius 3 is 2.96 bits per heavy atom. The molecule has 3 rings (SSSR count). The van der Waals surface area contributed by atoms with E-state index in [4.69, 9.17) is 5.41 Å². The highest BCUT2D eigenvalue weighted by Crippen LogP contribution is 2.34. The summed E-state index contributed by atoms with van der Waals surface area (Å²) >= 11 is 1.76. The first-order valence-electron chi connectivity index (χ1n) is 7.68. The van der Waals surface area contributed by atoms with Gasteiger partial charge in [0, 0.05) is 36.0 Å². The molecule has 2 aromatic rings. The summed E-state index contributed by atoms with van der Waals surface area (Å²) in [4.78, 5) is 19.7. The van der Waals surface area contributed by atoms with E-state index in [1.807, 2.05) is 43.3 Å². The van der Waals surface area contributed by atoms with Crippen LogP contribution in [0, 0.1) is 5.41 Å². The third-order valence-electron chi connectivity index (χ3n) is 4.00. The number of para-hydroxylation sites is 1. The number of amides is 1. The Kier molecular flexibility index (Phi) is 4.76. The largest absolute Gasteiger partial charge is 0.305 e. The lowest BCUT2D eigenvalue weighted by atomic mass is 9.96. The standard InChI is InChI=1S/C18H19N3OS/c1-13(14-5-4-8-20-12-14)11-15(19)18(22)21-9-10-23-17-7-3-2-6-16(17)21/h2-8,12-13,19H,9-11H2,1H3. The number of nitrogens with zero attached hydrogens (tertiary/aromatic N) is 2. The number of thioether (sulfide) groups is 1. The van der Waals surface area contributed by atoms with E-state index in [-0.39, 0.29) is 17.5 Å². The van der Waals surface area contributed by atoms with E-state index in [1.165, 1.54) is 0 Å². The van der Waals surface area contributed by atoms with Crippen LogP contribution in [0.2, 0.25) is 0 Å². The first kappa shape index (κ1) is 15.7. The molecular weight excluding hydrogens is 306 g/mol. The Morgan fingerprint density at radius 2 is 2.17 bits per heavy atom. The van der Waals surface area contributed by atoms with Crippen LogP contribution in [0.15, 0.2) is 53.7 Å². The molecule has 23 heavy (non-hydrogen) atoms. The first-order chi connectivity index (χ1) is 11.2. The summed E-state index contributed by atoms with van der Waals surface area (Å²) in [7, 11) is 0. The van der Waals surface area contributed by atoms with E-state index >= 15 is 0 Å². The van der Waals surface area contributed by atoms with Gasteiger partial charge in [-0.3, -0.25) is 15.2 Å². The molecule has 2 heterocycles. The van der Waals surface area contributed by atoms with E-state index in [0.29, 0.717) is 13.0 Å². The van der Waals surface area contributed by atoms with Crippen LogP contribution in [-0.2, 0) is 4.79 Å². The van der Waals surface area contributed by atoms with Gasteiger partial charge in [0.2, 0.25) is 0 Å². The molecule has 0 radical (unpaired) electrons. The second-order valence-corrected chi connectivity index (χ2v) is 6.78. The number of hydrogen-bond donors (Lipinski definition) is 1. The molecule has 0 saturated heterocycles. The molecule has 0 bridgehead atoms. The van der Waals surface area contributed by atoms with Gasteiger partial charge in [0.1, 0.15) is 0 Å². The Hall–Kier alpha value is -2.14. The van der Waals surface area contributed by atoms with Crippen LogP contribution in [0.25, 0.3) is 0 Å². The molecular formula is C18H19N3OS. The van der Waals surface area contributed by atoms with Gasteiger partial charge >= 0.3 is 0 Å². The van der Waals surface area contributed by atoms with E-state index in [9.17, 15) is 4.79 Å². The summed E-state index contributed by atoms with van der Waals surface area (Å²) in [5.74, 6) is 0.789. The number of benzene rings is 1. The fraction of sp³-hybridized carbons (Fsp3) is 0.278. The van der Waals surface area contributed by atoms with Crippen LogP contribution in [0.3, 0.4) is 0 Å². The topological polar surface area (TPSA) is 57.1 Å². The second-order valence-electron chi connectivity index (χ2n) is 5.64. The molecule has 1 aromatic carbocycles. The first-order valence-corrected chi connectivity index (χ1v) is 8.66. The maximum absolute atomic E-state index is 12.7. The SMILES string of the molecule is CC(CC(=N)C(=O)N1CCSc2ccccc21)c1cccnc1. The molecule has 4 nitrogen and oxygen atoms in total. The van der Waals surface area contributed by atoms with Gasteiger partial charge in [-0.15, -0.1) is 11.8 Å². The number of aromatic nitrogens is 1. The van der Waals surface area contributed by atoms with Gasteiger partial charge in [-0.2, -0.15) is 0 Å². The minimum Gasteiger partial charge on any atom is -0.305 e. The molecule has 118 valence electrons. The van der Waals surface area contributed by atoms with E-state index in [0.717, 1.165) is 21.9 Å². The maximum atomic E-state index is 12.7. The van der Waals surface area contributed by atoms with Crippen LogP contribution in [0.4, 0.5) is 5.69 Å². The highest BCUT2D eigenvalue weighted by Gasteiger charge is 2.26. The lowest BCUT2D eigenvalue weighted by molar-refractivity contribution is -0.112. The lowest BCUT2D eigenvalue weighted by Gasteiger charge is -2.29. The predicted octanol–water partition coefficient (Wildman–Crippen LogP) is 3.73. The Balaban J connectivity index is 1.72. The highest BCUT2D eigenvalue weighted by molar-refractivity contribution is 7.99. The van der Waals surface area contributed by atoms with Crippen LogP contribution < -0.4 is 4.90 Å². The zero-order chi connectivity index (χ0) is 16.2. The number of pyridine rings is 1. The fourth-order valence-corrected chi connectivity index (χ4v) is 3.72. The van der Waals surface area contributed by atoms with Crippen molar-refractivity contribution in [2.45, 2.75) is 24.2 Å². The van der Waals surface area contributed by atoms with E-state index in [2.05, 4.69) is 4.98 Å². The number of nitrogens with one attached hydrogen (secondary N) is 1. The summed E-state index contributed by atoms with van der Waals surface area (Å²) in [6.45, 7) is 2.68. The minimum atomic E-state index is -0.187. The Bertz CT molecular complexity index is 717. The predicted molar refractivity (Wildman–Crippen MR) is 94.5 cm³/mol. The maximum Gasteiger partial charge on any atom is 0.271 e. The van der Waals surface area contributed by atoms with Crippen molar-refractivity contribution in [2.75, 3.05) is 17.2 Å². The summed E-state index contributed by atoms with van der Waals surface area (Å²) in [6, 6.07) is 11.8. The number of rotatable bonds is 4. The Labute approximate surface area is 140 Å². The van der Waals surface area contributed by atoms with Gasteiger partial charge in [-0.1, -0.05) is 25.1 Å². The highest BCUT2D eigenvalue weighted by atomic mass is 32.2. The van der Waals surface area contributed by atoms with Crippen molar-refractivity contribution < 1.29 is 4.79 Å². The Morgan fingerprint density at radius 1 is 1.35 bits per heavy atom. The molecule has 0 spiro atoms. The summed E-state index contributed by atoms with van der Waals surface area (Å²) < 4.78 is 0. The molecule has 1 aliphatic rings. The van der Waals surface area contributed by atoms with Gasteiger partial charge in [-0.25, -0.2) is 0 Å². The van der Waals surface area contributed by atoms with Crippen molar-refractivity contribution in [3.05, 3.63) is 54.4 Å². The lowest BCUT2D eigenvalue weighted by Crippen LogP contribution is -2.40. The number of carbonyl (C=O) groups excluding carboxylic acids is 1. The van der Waals surface area contributed by atoms with Crippen LogP contribution >= 0.6 is 11.8 Å². The summed E-state index contributed by atoms with van der Waals surface area (Å²) in [6.07, 6.45) is 3.96.